The van der Waals surface area contributed by atoms with Gasteiger partial charge < -0.3 is 0 Å². The fourth-order valence-corrected chi connectivity index (χ4v) is 2.74. The summed E-state index contributed by atoms with van der Waals surface area (Å²) in [6.45, 7) is 0. The Balaban J connectivity index is 2.33. The number of halogens is 3. The van der Waals surface area contributed by atoms with Crippen molar-refractivity contribution in [1.82, 2.24) is 4.98 Å². The number of hydrogen-bond donors (Lipinski definition) is 1. The molecule has 0 atom stereocenters. The lowest BCUT2D eigenvalue weighted by Crippen LogP contribution is -2.13. The van der Waals surface area contributed by atoms with Gasteiger partial charge in [0, 0.05) is 6.20 Å². The van der Waals surface area contributed by atoms with Gasteiger partial charge in [-0.2, -0.15) is 0 Å². The van der Waals surface area contributed by atoms with Gasteiger partial charge in [-0.3, -0.25) is 4.72 Å². The van der Waals surface area contributed by atoms with E-state index in [0.29, 0.717) is 0 Å². The molecule has 0 fully saturated rings. The molecular formula is C11H7Cl2FN2O2S. The molecule has 4 nitrogen and oxygen atoms in total. The van der Waals surface area contributed by atoms with Crippen LogP contribution in [0.3, 0.4) is 0 Å². The molecule has 0 radical (unpaired) electrons. The van der Waals surface area contributed by atoms with E-state index in [0.717, 1.165) is 6.07 Å². The maximum atomic E-state index is 13.2. The topological polar surface area (TPSA) is 59.1 Å². The van der Waals surface area contributed by atoms with Gasteiger partial charge in [0.15, 0.2) is 0 Å². The normalized spacial score (nSPS) is 11.3. The number of nitrogens with zero attached hydrogens (tertiary/aromatic N) is 1. The van der Waals surface area contributed by atoms with Crippen molar-refractivity contribution in [3.63, 3.8) is 0 Å². The van der Waals surface area contributed by atoms with Crippen LogP contribution in [0, 0.1) is 5.82 Å². The molecule has 0 aliphatic heterocycles. The Morgan fingerprint density at radius 3 is 2.53 bits per heavy atom. The minimum atomic E-state index is -3.85. The van der Waals surface area contributed by atoms with Gasteiger partial charge >= 0.3 is 0 Å². The summed E-state index contributed by atoms with van der Waals surface area (Å²) in [6.07, 6.45) is 1.26. The number of nitrogens with one attached hydrogen (secondary N) is 1. The van der Waals surface area contributed by atoms with Crippen LogP contribution in [0.4, 0.5) is 10.1 Å². The molecule has 0 bridgehead atoms. The van der Waals surface area contributed by atoms with Crippen molar-refractivity contribution in [1.29, 1.82) is 0 Å². The SMILES string of the molecule is O=S(=O)(Nc1ccc(Cl)c(F)c1)c1ccnc(Cl)c1. The quantitative estimate of drug-likeness (QED) is 0.882. The maximum absolute atomic E-state index is 13.2. The van der Waals surface area contributed by atoms with E-state index in [1.165, 1.54) is 30.5 Å². The van der Waals surface area contributed by atoms with Crippen LogP contribution in [0.2, 0.25) is 10.2 Å². The first-order valence-electron chi connectivity index (χ1n) is 4.98. The van der Waals surface area contributed by atoms with Crippen molar-refractivity contribution in [2.75, 3.05) is 4.72 Å². The number of sulfonamides is 1. The van der Waals surface area contributed by atoms with Gasteiger partial charge in [-0.25, -0.2) is 17.8 Å². The molecule has 19 heavy (non-hydrogen) atoms. The standard InChI is InChI=1S/C11H7Cl2FN2O2S/c12-9-2-1-7(5-10(9)14)16-19(17,18)8-3-4-15-11(13)6-8/h1-6,16H. The van der Waals surface area contributed by atoms with Crippen LogP contribution in [0.15, 0.2) is 41.4 Å². The number of pyridine rings is 1. The summed E-state index contributed by atoms with van der Waals surface area (Å²) in [7, 11) is -3.85. The van der Waals surface area contributed by atoms with Crippen LogP contribution >= 0.6 is 23.2 Å². The van der Waals surface area contributed by atoms with Crippen molar-refractivity contribution in [3.8, 4) is 0 Å². The molecule has 0 aliphatic carbocycles. The highest BCUT2D eigenvalue weighted by molar-refractivity contribution is 7.92. The van der Waals surface area contributed by atoms with Crippen LogP contribution < -0.4 is 4.72 Å². The van der Waals surface area contributed by atoms with E-state index in [4.69, 9.17) is 23.2 Å². The van der Waals surface area contributed by atoms with Crippen LogP contribution in [0.1, 0.15) is 0 Å². The molecular weight excluding hydrogens is 314 g/mol. The summed E-state index contributed by atoms with van der Waals surface area (Å²) in [4.78, 5) is 3.62. The van der Waals surface area contributed by atoms with Gasteiger partial charge in [0.1, 0.15) is 11.0 Å². The second-order valence-corrected chi connectivity index (χ2v) is 6.03. The molecule has 2 rings (SSSR count). The lowest BCUT2D eigenvalue weighted by Gasteiger charge is -2.08. The predicted octanol–water partition coefficient (Wildman–Crippen LogP) is 3.33. The number of hydrogen-bond acceptors (Lipinski definition) is 3. The molecule has 1 aromatic heterocycles. The monoisotopic (exact) mass is 320 g/mol. The van der Waals surface area contributed by atoms with E-state index < -0.39 is 15.8 Å². The summed E-state index contributed by atoms with van der Waals surface area (Å²) >= 11 is 11.1. The third kappa shape index (κ3) is 3.34. The van der Waals surface area contributed by atoms with Crippen LogP contribution in [-0.2, 0) is 10.0 Å². The zero-order valence-electron chi connectivity index (χ0n) is 9.27. The highest BCUT2D eigenvalue weighted by Crippen LogP contribution is 2.22. The fourth-order valence-electron chi connectivity index (χ4n) is 1.33. The summed E-state index contributed by atoms with van der Waals surface area (Å²) in [5.41, 5.74) is 0.0647. The zero-order valence-corrected chi connectivity index (χ0v) is 11.6. The maximum Gasteiger partial charge on any atom is 0.262 e. The third-order valence-corrected chi connectivity index (χ3v) is 4.07. The summed E-state index contributed by atoms with van der Waals surface area (Å²) in [5, 5.41) is -0.0416. The van der Waals surface area contributed by atoms with Crippen molar-refractivity contribution in [2.24, 2.45) is 0 Å². The fraction of sp³-hybridized carbons (Fsp3) is 0. The zero-order chi connectivity index (χ0) is 14.0. The number of aromatic nitrogens is 1. The Kier molecular flexibility index (Phi) is 3.93. The molecule has 100 valence electrons. The van der Waals surface area contributed by atoms with Crippen molar-refractivity contribution in [2.45, 2.75) is 4.90 Å². The molecule has 0 saturated carbocycles. The molecule has 1 aromatic carbocycles. The van der Waals surface area contributed by atoms with Gasteiger partial charge in [0.2, 0.25) is 0 Å². The largest absolute Gasteiger partial charge is 0.280 e. The lowest BCUT2D eigenvalue weighted by atomic mass is 10.3. The van der Waals surface area contributed by atoms with Gasteiger partial charge in [0.05, 0.1) is 15.6 Å². The average molecular weight is 321 g/mol. The van der Waals surface area contributed by atoms with Crippen molar-refractivity contribution >= 4 is 38.9 Å². The van der Waals surface area contributed by atoms with Crippen LogP contribution in [0.5, 0.6) is 0 Å². The minimum Gasteiger partial charge on any atom is -0.280 e. The molecule has 1 N–H and O–H groups in total. The molecule has 0 spiro atoms. The first-order valence-corrected chi connectivity index (χ1v) is 7.22. The minimum absolute atomic E-state index is 0.0464. The molecule has 0 saturated heterocycles. The van der Waals surface area contributed by atoms with E-state index >= 15 is 0 Å². The average Bonchev–Trinajstić information content (AvgIpc) is 2.33. The Hall–Kier alpha value is -1.37. The lowest BCUT2D eigenvalue weighted by molar-refractivity contribution is 0.601. The summed E-state index contributed by atoms with van der Waals surface area (Å²) in [6, 6.07) is 6.07. The van der Waals surface area contributed by atoms with Crippen LogP contribution in [0.25, 0.3) is 0 Å². The third-order valence-electron chi connectivity index (χ3n) is 2.18. The molecule has 0 aliphatic rings. The second kappa shape index (κ2) is 5.32. The smallest absolute Gasteiger partial charge is 0.262 e. The highest BCUT2D eigenvalue weighted by Gasteiger charge is 2.15. The summed E-state index contributed by atoms with van der Waals surface area (Å²) in [5.74, 6) is -0.713. The van der Waals surface area contributed by atoms with Gasteiger partial charge in [-0.15, -0.1) is 0 Å². The molecule has 8 heteroatoms. The highest BCUT2D eigenvalue weighted by atomic mass is 35.5. The Morgan fingerprint density at radius 1 is 1.16 bits per heavy atom. The second-order valence-electron chi connectivity index (χ2n) is 3.55. The first-order chi connectivity index (χ1) is 8.88. The van der Waals surface area contributed by atoms with Gasteiger partial charge in [-0.05, 0) is 30.3 Å². The van der Waals surface area contributed by atoms with Gasteiger partial charge in [0.25, 0.3) is 10.0 Å². The summed E-state index contributed by atoms with van der Waals surface area (Å²) < 4.78 is 39.4. The number of benzene rings is 1. The van der Waals surface area contributed by atoms with Gasteiger partial charge in [-0.1, -0.05) is 23.2 Å². The molecule has 1 heterocycles. The Labute approximate surface area is 119 Å². The molecule has 2 aromatic rings. The van der Waals surface area contributed by atoms with E-state index in [9.17, 15) is 12.8 Å². The van der Waals surface area contributed by atoms with Crippen molar-refractivity contribution in [3.05, 3.63) is 52.5 Å². The van der Waals surface area contributed by atoms with E-state index in [2.05, 4.69) is 9.71 Å². The van der Waals surface area contributed by atoms with E-state index in [1.54, 1.807) is 0 Å². The number of rotatable bonds is 3. The Bertz CT molecular complexity index is 722. The van der Waals surface area contributed by atoms with Crippen molar-refractivity contribution < 1.29 is 12.8 Å². The van der Waals surface area contributed by atoms with E-state index in [-0.39, 0.29) is 20.8 Å². The van der Waals surface area contributed by atoms with E-state index in [1.807, 2.05) is 0 Å². The first kappa shape index (κ1) is 14.0. The number of anilines is 1. The molecule has 0 amide bonds. The Morgan fingerprint density at radius 2 is 1.89 bits per heavy atom. The predicted molar refractivity (Wildman–Crippen MR) is 71.5 cm³/mol. The molecule has 0 unspecified atom stereocenters. The van der Waals surface area contributed by atoms with Crippen LogP contribution in [-0.4, -0.2) is 13.4 Å².